The van der Waals surface area contributed by atoms with Gasteiger partial charge < -0.3 is 9.73 Å². The first-order valence-corrected chi connectivity index (χ1v) is 8.58. The summed E-state index contributed by atoms with van der Waals surface area (Å²) in [4.78, 5) is 23.3. The highest BCUT2D eigenvalue weighted by molar-refractivity contribution is 6.31. The number of nitrogens with one attached hydrogen (secondary N) is 1. The van der Waals surface area contributed by atoms with Gasteiger partial charge in [-0.2, -0.15) is 0 Å². The summed E-state index contributed by atoms with van der Waals surface area (Å²) in [6, 6.07) is 11.7. The summed E-state index contributed by atoms with van der Waals surface area (Å²) in [7, 11) is 0. The summed E-state index contributed by atoms with van der Waals surface area (Å²) in [5.74, 6) is -0.0225. The molecule has 3 aromatic rings. The molecular formula is C20H17ClN2O4. The van der Waals surface area contributed by atoms with Gasteiger partial charge in [-0.25, -0.2) is 0 Å². The Morgan fingerprint density at radius 3 is 2.44 bits per heavy atom. The predicted octanol–water partition coefficient (Wildman–Crippen LogP) is 5.69. The first-order valence-electron chi connectivity index (χ1n) is 8.20. The Morgan fingerprint density at radius 2 is 1.78 bits per heavy atom. The van der Waals surface area contributed by atoms with Crippen molar-refractivity contribution < 1.29 is 14.1 Å². The van der Waals surface area contributed by atoms with E-state index in [1.807, 2.05) is 26.0 Å². The fourth-order valence-corrected chi connectivity index (χ4v) is 2.83. The molecule has 0 aliphatic heterocycles. The third-order valence-corrected chi connectivity index (χ3v) is 4.84. The molecule has 0 saturated carbocycles. The molecule has 1 amide bonds. The Kier molecular flexibility index (Phi) is 5.01. The van der Waals surface area contributed by atoms with Crippen LogP contribution in [-0.2, 0) is 0 Å². The van der Waals surface area contributed by atoms with E-state index in [-0.39, 0.29) is 17.1 Å². The molecular weight excluding hydrogens is 368 g/mol. The Morgan fingerprint density at radius 1 is 1.07 bits per heavy atom. The molecule has 27 heavy (non-hydrogen) atoms. The molecule has 6 nitrogen and oxygen atoms in total. The quantitative estimate of drug-likeness (QED) is 0.462. The number of carbonyl (C=O) groups is 1. The van der Waals surface area contributed by atoms with Crippen molar-refractivity contribution in [2.24, 2.45) is 0 Å². The normalized spacial score (nSPS) is 10.7. The lowest BCUT2D eigenvalue weighted by Crippen LogP contribution is -2.14. The number of hydrogen-bond acceptors (Lipinski definition) is 4. The molecule has 0 bridgehead atoms. The zero-order valence-corrected chi connectivity index (χ0v) is 15.8. The molecule has 2 aromatic carbocycles. The smallest absolute Gasteiger partial charge is 0.293 e. The highest BCUT2D eigenvalue weighted by Crippen LogP contribution is 2.31. The molecule has 0 saturated heterocycles. The summed E-state index contributed by atoms with van der Waals surface area (Å²) in [5.41, 5.74) is 3.15. The molecule has 0 aliphatic carbocycles. The molecule has 0 spiro atoms. The maximum Gasteiger partial charge on any atom is 0.293 e. The predicted molar refractivity (Wildman–Crippen MR) is 104 cm³/mol. The van der Waals surface area contributed by atoms with Gasteiger partial charge in [0.25, 0.3) is 11.6 Å². The van der Waals surface area contributed by atoms with Crippen molar-refractivity contribution in [3.05, 3.63) is 80.1 Å². The summed E-state index contributed by atoms with van der Waals surface area (Å²) in [6.07, 6.45) is 0. The zero-order chi connectivity index (χ0) is 19.7. The molecule has 1 heterocycles. The lowest BCUT2D eigenvalue weighted by molar-refractivity contribution is -0.384. The van der Waals surface area contributed by atoms with Crippen LogP contribution in [0.5, 0.6) is 0 Å². The van der Waals surface area contributed by atoms with Crippen molar-refractivity contribution in [3.63, 3.8) is 0 Å². The van der Waals surface area contributed by atoms with Gasteiger partial charge >= 0.3 is 0 Å². The van der Waals surface area contributed by atoms with E-state index in [2.05, 4.69) is 5.32 Å². The van der Waals surface area contributed by atoms with Gasteiger partial charge in [0.1, 0.15) is 11.4 Å². The molecule has 138 valence electrons. The third kappa shape index (κ3) is 3.71. The number of hydrogen-bond donors (Lipinski definition) is 1. The van der Waals surface area contributed by atoms with Crippen LogP contribution in [0.15, 0.2) is 46.9 Å². The second-order valence-corrected chi connectivity index (χ2v) is 6.65. The summed E-state index contributed by atoms with van der Waals surface area (Å²) < 4.78 is 5.63. The van der Waals surface area contributed by atoms with Gasteiger partial charge in [-0.15, -0.1) is 0 Å². The van der Waals surface area contributed by atoms with Gasteiger partial charge in [-0.1, -0.05) is 29.8 Å². The van der Waals surface area contributed by atoms with Crippen molar-refractivity contribution in [2.45, 2.75) is 20.8 Å². The van der Waals surface area contributed by atoms with Crippen molar-refractivity contribution in [3.8, 4) is 11.3 Å². The number of furan rings is 1. The Balaban J connectivity index is 1.90. The fourth-order valence-electron chi connectivity index (χ4n) is 2.65. The van der Waals surface area contributed by atoms with E-state index in [1.165, 1.54) is 12.1 Å². The monoisotopic (exact) mass is 384 g/mol. The number of rotatable bonds is 4. The van der Waals surface area contributed by atoms with E-state index in [0.29, 0.717) is 16.3 Å². The summed E-state index contributed by atoms with van der Waals surface area (Å²) >= 11 is 6.13. The summed E-state index contributed by atoms with van der Waals surface area (Å²) in [6.45, 7) is 5.44. The Bertz CT molecular complexity index is 1060. The van der Waals surface area contributed by atoms with Crippen LogP contribution >= 0.6 is 11.6 Å². The first-order chi connectivity index (χ1) is 12.8. The number of halogens is 1. The topological polar surface area (TPSA) is 85.4 Å². The number of nitro benzene ring substituents is 1. The second-order valence-electron chi connectivity index (χ2n) is 6.24. The number of nitro groups is 1. The molecule has 0 aliphatic rings. The minimum absolute atomic E-state index is 0.0527. The van der Waals surface area contributed by atoms with Crippen LogP contribution in [-0.4, -0.2) is 10.8 Å². The SMILES string of the molecule is Cc1ccc(-c2ccc(C(=O)Nc3c([N+](=O)[O-])ccc(C)c3C)o2)cc1Cl. The lowest BCUT2D eigenvalue weighted by atomic mass is 10.1. The minimum atomic E-state index is -0.559. The molecule has 3 rings (SSSR count). The Hall–Kier alpha value is -3.12. The van der Waals surface area contributed by atoms with Crippen molar-refractivity contribution in [1.29, 1.82) is 0 Å². The number of carbonyl (C=O) groups excluding carboxylic acids is 1. The van der Waals surface area contributed by atoms with Crippen LogP contribution in [0.25, 0.3) is 11.3 Å². The van der Waals surface area contributed by atoms with E-state index >= 15 is 0 Å². The van der Waals surface area contributed by atoms with Gasteiger partial charge in [0, 0.05) is 16.7 Å². The zero-order valence-electron chi connectivity index (χ0n) is 15.0. The molecule has 0 fully saturated rings. The Labute approximate surface area is 160 Å². The van der Waals surface area contributed by atoms with Crippen molar-refractivity contribution >= 4 is 28.9 Å². The van der Waals surface area contributed by atoms with Gasteiger partial charge in [-0.3, -0.25) is 14.9 Å². The van der Waals surface area contributed by atoms with Crippen LogP contribution in [0, 0.1) is 30.9 Å². The highest BCUT2D eigenvalue weighted by atomic mass is 35.5. The van der Waals surface area contributed by atoms with E-state index in [9.17, 15) is 14.9 Å². The van der Waals surface area contributed by atoms with Gasteiger partial charge in [0.15, 0.2) is 5.76 Å². The maximum absolute atomic E-state index is 12.6. The standard InChI is InChI=1S/C20H17ClN2O4/c1-11-5-7-16(23(25)26)19(13(11)3)22-20(24)18-9-8-17(27-18)14-6-4-12(2)15(21)10-14/h4-10H,1-3H3,(H,22,24). The van der Waals surface area contributed by atoms with E-state index in [0.717, 1.165) is 16.7 Å². The first kappa shape index (κ1) is 18.7. The van der Waals surface area contributed by atoms with Crippen LogP contribution < -0.4 is 5.32 Å². The molecule has 0 radical (unpaired) electrons. The minimum Gasteiger partial charge on any atom is -0.451 e. The highest BCUT2D eigenvalue weighted by Gasteiger charge is 2.21. The average molecular weight is 385 g/mol. The van der Waals surface area contributed by atoms with E-state index in [1.54, 1.807) is 25.1 Å². The number of anilines is 1. The van der Waals surface area contributed by atoms with E-state index < -0.39 is 10.8 Å². The van der Waals surface area contributed by atoms with Crippen LogP contribution in [0.4, 0.5) is 11.4 Å². The molecule has 0 atom stereocenters. The number of aryl methyl sites for hydroxylation is 2. The van der Waals surface area contributed by atoms with E-state index in [4.69, 9.17) is 16.0 Å². The molecule has 1 N–H and O–H groups in total. The van der Waals surface area contributed by atoms with Crippen LogP contribution in [0.1, 0.15) is 27.2 Å². The van der Waals surface area contributed by atoms with Crippen LogP contribution in [0.3, 0.4) is 0 Å². The van der Waals surface area contributed by atoms with Crippen molar-refractivity contribution in [1.82, 2.24) is 0 Å². The number of amides is 1. The second kappa shape index (κ2) is 7.25. The largest absolute Gasteiger partial charge is 0.451 e. The van der Waals surface area contributed by atoms with Crippen molar-refractivity contribution in [2.75, 3.05) is 5.32 Å². The third-order valence-electron chi connectivity index (χ3n) is 4.44. The molecule has 7 heteroatoms. The molecule has 1 aromatic heterocycles. The van der Waals surface area contributed by atoms with Gasteiger partial charge in [-0.05, 0) is 55.7 Å². The van der Waals surface area contributed by atoms with Gasteiger partial charge in [0.2, 0.25) is 0 Å². The maximum atomic E-state index is 12.6. The number of nitrogens with zero attached hydrogens (tertiary/aromatic N) is 1. The average Bonchev–Trinajstić information content (AvgIpc) is 3.11. The van der Waals surface area contributed by atoms with Gasteiger partial charge in [0.05, 0.1) is 4.92 Å². The lowest BCUT2D eigenvalue weighted by Gasteiger charge is -2.10. The van der Waals surface area contributed by atoms with Crippen LogP contribution in [0.2, 0.25) is 5.02 Å². The molecule has 0 unspecified atom stereocenters. The number of benzene rings is 2. The summed E-state index contributed by atoms with van der Waals surface area (Å²) in [5, 5.41) is 14.5. The fraction of sp³-hybridized carbons (Fsp3) is 0.150.